The Balaban J connectivity index is -0.000000500. The normalized spacial score (nSPS) is 20.8. The third kappa shape index (κ3) is 12.8. The first-order valence-corrected chi connectivity index (χ1v) is 7.88. The van der Waals surface area contributed by atoms with E-state index >= 15 is 0 Å². The number of hydrogen-bond donors (Lipinski definition) is 0. The average molecular weight is 359 g/mol. The molecule has 1 aliphatic carbocycles. The van der Waals surface area contributed by atoms with Crippen molar-refractivity contribution >= 4 is 0 Å². The van der Waals surface area contributed by atoms with E-state index in [9.17, 15) is 17.6 Å². The smallest absolute Gasteiger partial charge is 0.202 e. The van der Waals surface area contributed by atoms with E-state index in [0.29, 0.717) is 18.8 Å². The molecule has 4 heteroatoms. The van der Waals surface area contributed by atoms with Gasteiger partial charge in [-0.2, -0.15) is 13.2 Å². The predicted molar refractivity (Wildman–Crippen MR) is 101 cm³/mol. The van der Waals surface area contributed by atoms with E-state index in [1.165, 1.54) is 38.5 Å². The number of rotatable bonds is 7. The van der Waals surface area contributed by atoms with Gasteiger partial charge in [0.25, 0.3) is 0 Å². The maximum atomic E-state index is 12.8. The van der Waals surface area contributed by atoms with E-state index in [1.54, 1.807) is 0 Å². The molecule has 1 rings (SSSR count). The first-order chi connectivity index (χ1) is 9.43. The van der Waals surface area contributed by atoms with Gasteiger partial charge in [-0.1, -0.05) is 75.2 Å². The number of hydrogen-bond acceptors (Lipinski definition) is 0. The number of allylic oxidation sites excluding steroid dienone is 2. The third-order valence-corrected chi connectivity index (χ3v) is 4.26. The van der Waals surface area contributed by atoms with E-state index in [4.69, 9.17) is 0 Å². The molecule has 24 heavy (non-hydrogen) atoms. The minimum absolute atomic E-state index is 0. The van der Waals surface area contributed by atoms with Crippen LogP contribution >= 0.6 is 0 Å². The quantitative estimate of drug-likeness (QED) is 0.314. The molecule has 0 aromatic carbocycles. The van der Waals surface area contributed by atoms with Crippen LogP contribution in [0.4, 0.5) is 17.6 Å². The van der Waals surface area contributed by atoms with Crippen molar-refractivity contribution in [3.63, 3.8) is 0 Å². The Morgan fingerprint density at radius 3 is 1.83 bits per heavy atom. The Morgan fingerprint density at radius 1 is 0.875 bits per heavy atom. The zero-order chi connectivity index (χ0) is 15.0. The molecule has 0 bridgehead atoms. The minimum Gasteiger partial charge on any atom is -0.202 e. The van der Waals surface area contributed by atoms with Crippen molar-refractivity contribution in [3.8, 4) is 0 Å². The molecular weight excluding hydrogens is 316 g/mol. The summed E-state index contributed by atoms with van der Waals surface area (Å²) in [5.41, 5.74) is 0. The first kappa shape index (κ1) is 31.3. The number of alkyl halides is 3. The molecule has 1 saturated carbocycles. The highest BCUT2D eigenvalue weighted by atomic mass is 19.4. The van der Waals surface area contributed by atoms with Crippen LogP contribution in [0.25, 0.3) is 0 Å². The second-order valence-electron chi connectivity index (χ2n) is 6.00. The monoisotopic (exact) mass is 358 g/mol. The van der Waals surface area contributed by atoms with E-state index < -0.39 is 12.0 Å². The van der Waals surface area contributed by atoms with E-state index in [2.05, 4.69) is 6.92 Å². The summed E-state index contributed by atoms with van der Waals surface area (Å²) in [6.45, 7) is 2.19. The molecular formula is C20H42F4. The average Bonchev–Trinajstić information content (AvgIpc) is 2.39. The summed E-state index contributed by atoms with van der Waals surface area (Å²) in [5, 5.41) is 0. The second kappa shape index (κ2) is 16.0. The highest BCUT2D eigenvalue weighted by molar-refractivity contribution is 5.02. The molecule has 0 radical (unpaired) electrons. The van der Waals surface area contributed by atoms with Crippen molar-refractivity contribution in [2.45, 2.75) is 107 Å². The molecule has 0 N–H and O–H groups in total. The zero-order valence-corrected chi connectivity index (χ0v) is 12.3. The summed E-state index contributed by atoms with van der Waals surface area (Å²) in [6, 6.07) is 0. The van der Waals surface area contributed by atoms with Gasteiger partial charge in [0.05, 0.1) is 0 Å². The second-order valence-corrected chi connectivity index (χ2v) is 6.00. The van der Waals surface area contributed by atoms with Crippen LogP contribution in [0.5, 0.6) is 0 Å². The Kier molecular flexibility index (Phi) is 20.8. The molecule has 0 spiro atoms. The van der Waals surface area contributed by atoms with Gasteiger partial charge in [0.2, 0.25) is 0 Å². The predicted octanol–water partition coefficient (Wildman–Crippen LogP) is 9.11. The molecule has 150 valence electrons. The maximum Gasteiger partial charge on any atom is 0.442 e. The van der Waals surface area contributed by atoms with Crippen LogP contribution in [0.3, 0.4) is 0 Å². The van der Waals surface area contributed by atoms with Crippen molar-refractivity contribution in [2.75, 3.05) is 0 Å². The Bertz CT molecular complexity index is 287. The maximum absolute atomic E-state index is 12.8. The largest absolute Gasteiger partial charge is 0.442 e. The Hall–Kier alpha value is -0.540. The standard InChI is InChI=1S/C16H26F4.4CH4/c1-2-3-4-5-6-7-13-8-10-14(11-9-13)12-15(17)16(18,19)20;;;;/h12-14H,2-11H2,1H3;4*1H4. The molecule has 1 aliphatic rings. The van der Waals surface area contributed by atoms with Gasteiger partial charge in [0.15, 0.2) is 5.83 Å². The fourth-order valence-electron chi connectivity index (χ4n) is 2.98. The number of unbranched alkanes of at least 4 members (excludes halogenated alkanes) is 4. The third-order valence-electron chi connectivity index (χ3n) is 4.26. The highest BCUT2D eigenvalue weighted by Crippen LogP contribution is 2.35. The van der Waals surface area contributed by atoms with Crippen LogP contribution in [0, 0.1) is 11.8 Å². The van der Waals surface area contributed by atoms with Crippen LogP contribution in [0.1, 0.15) is 101 Å². The van der Waals surface area contributed by atoms with Crippen molar-refractivity contribution in [2.24, 2.45) is 11.8 Å². The van der Waals surface area contributed by atoms with E-state index in [0.717, 1.165) is 18.9 Å². The van der Waals surface area contributed by atoms with Crippen molar-refractivity contribution in [1.29, 1.82) is 0 Å². The van der Waals surface area contributed by atoms with E-state index in [1.807, 2.05) is 0 Å². The lowest BCUT2D eigenvalue weighted by Gasteiger charge is -2.27. The number of halogens is 4. The van der Waals surface area contributed by atoms with Crippen molar-refractivity contribution < 1.29 is 17.6 Å². The fourth-order valence-corrected chi connectivity index (χ4v) is 2.98. The van der Waals surface area contributed by atoms with Crippen molar-refractivity contribution in [3.05, 3.63) is 11.9 Å². The van der Waals surface area contributed by atoms with Crippen LogP contribution in [0.2, 0.25) is 0 Å². The van der Waals surface area contributed by atoms with Crippen LogP contribution in [0.15, 0.2) is 11.9 Å². The summed E-state index contributed by atoms with van der Waals surface area (Å²) in [5.74, 6) is -1.51. The van der Waals surface area contributed by atoms with E-state index in [-0.39, 0.29) is 35.6 Å². The minimum atomic E-state index is -4.81. The lowest BCUT2D eigenvalue weighted by Crippen LogP contribution is -2.15. The van der Waals surface area contributed by atoms with Gasteiger partial charge in [0, 0.05) is 0 Å². The van der Waals surface area contributed by atoms with Gasteiger partial charge in [-0.05, 0) is 43.6 Å². The summed E-state index contributed by atoms with van der Waals surface area (Å²) in [6.07, 6.45) is 6.74. The molecule has 0 aromatic heterocycles. The first-order valence-electron chi connectivity index (χ1n) is 7.88. The molecule has 1 fully saturated rings. The summed E-state index contributed by atoms with van der Waals surface area (Å²) < 4.78 is 49.2. The van der Waals surface area contributed by atoms with Gasteiger partial charge in [-0.15, -0.1) is 0 Å². The lowest BCUT2D eigenvalue weighted by atomic mass is 9.79. The summed E-state index contributed by atoms with van der Waals surface area (Å²) in [7, 11) is 0. The molecule has 0 aliphatic heterocycles. The van der Waals surface area contributed by atoms with Crippen LogP contribution in [-0.4, -0.2) is 6.18 Å². The van der Waals surface area contributed by atoms with Gasteiger partial charge in [-0.25, -0.2) is 4.39 Å². The molecule has 0 unspecified atom stereocenters. The molecule has 0 atom stereocenters. The molecule has 0 amide bonds. The molecule has 0 nitrogen and oxygen atoms in total. The van der Waals surface area contributed by atoms with Gasteiger partial charge in [0.1, 0.15) is 0 Å². The van der Waals surface area contributed by atoms with Crippen LogP contribution < -0.4 is 0 Å². The Labute approximate surface area is 149 Å². The van der Waals surface area contributed by atoms with Gasteiger partial charge >= 0.3 is 6.18 Å². The Morgan fingerprint density at radius 2 is 1.38 bits per heavy atom. The zero-order valence-electron chi connectivity index (χ0n) is 12.3. The van der Waals surface area contributed by atoms with Gasteiger partial charge < -0.3 is 0 Å². The van der Waals surface area contributed by atoms with Crippen molar-refractivity contribution in [1.82, 2.24) is 0 Å². The topological polar surface area (TPSA) is 0 Å². The lowest BCUT2D eigenvalue weighted by molar-refractivity contribution is -0.109. The highest BCUT2D eigenvalue weighted by Gasteiger charge is 2.35. The fraction of sp³-hybridized carbons (Fsp3) is 0.900. The molecule has 0 saturated heterocycles. The molecule has 0 heterocycles. The van der Waals surface area contributed by atoms with Crippen LogP contribution in [-0.2, 0) is 0 Å². The summed E-state index contributed by atoms with van der Waals surface area (Å²) >= 11 is 0. The van der Waals surface area contributed by atoms with Gasteiger partial charge in [-0.3, -0.25) is 0 Å². The SMILES string of the molecule is C.C.C.C.CCCCCCCC1CCC(C=C(F)C(F)(F)F)CC1. The summed E-state index contributed by atoms with van der Waals surface area (Å²) in [4.78, 5) is 0. The molecule has 0 aromatic rings.